The lowest BCUT2D eigenvalue weighted by atomic mass is 10.1. The van der Waals surface area contributed by atoms with Gasteiger partial charge in [-0.1, -0.05) is 81.8 Å². The zero-order valence-corrected chi connectivity index (χ0v) is 36.8. The molecule has 0 radical (unpaired) electrons. The smallest absolute Gasteiger partial charge is 0.410 e. The zero-order chi connectivity index (χ0) is 41.4. The summed E-state index contributed by atoms with van der Waals surface area (Å²) in [7, 11) is 0. The van der Waals surface area contributed by atoms with Gasteiger partial charge in [0.2, 0.25) is 0 Å². The number of ether oxygens (including phenoxy) is 4. The molecular formula is C45H58Br2N4O7. The molecule has 0 aromatic heterocycles. The highest BCUT2D eigenvalue weighted by molar-refractivity contribution is 9.10. The number of nitrogens with one attached hydrogen (secondary N) is 1. The lowest BCUT2D eigenvalue weighted by molar-refractivity contribution is 0.0137. The molecule has 4 aromatic carbocycles. The van der Waals surface area contributed by atoms with E-state index in [0.29, 0.717) is 30.2 Å². The zero-order valence-electron chi connectivity index (χ0n) is 33.6. The Morgan fingerprint density at radius 2 is 1.09 bits per heavy atom. The Labute approximate surface area is 361 Å². The second-order valence-electron chi connectivity index (χ2n) is 15.3. The van der Waals surface area contributed by atoms with Crippen LogP contribution in [0.3, 0.4) is 0 Å². The first-order chi connectivity index (χ1) is 27.1. The van der Waals surface area contributed by atoms with E-state index in [1.165, 1.54) is 0 Å². The Morgan fingerprint density at radius 1 is 0.638 bits per heavy atom. The fourth-order valence-electron chi connectivity index (χ4n) is 5.51. The SMILES string of the molecule is C.CC(C)(C)OC(=O)N1CCN(Cc2ccc(Br)cc2Oc2ccccc2)CC1.CC(C)(C)OC(=O)N1CCNCC1.O=Cc1ccc(Br)cc1Oc1ccccc1. The Kier molecular flexibility index (Phi) is 19.2. The first kappa shape index (κ1) is 47.9. The van der Waals surface area contributed by atoms with Crippen LogP contribution in [0.2, 0.25) is 0 Å². The Hall–Kier alpha value is -4.43. The van der Waals surface area contributed by atoms with E-state index >= 15 is 0 Å². The summed E-state index contributed by atoms with van der Waals surface area (Å²) in [5, 5.41) is 3.18. The first-order valence-electron chi connectivity index (χ1n) is 19.0. The third-order valence-electron chi connectivity index (χ3n) is 8.26. The van der Waals surface area contributed by atoms with Crippen LogP contribution in [-0.4, -0.2) is 96.7 Å². The largest absolute Gasteiger partial charge is 0.457 e. The minimum atomic E-state index is -0.463. The summed E-state index contributed by atoms with van der Waals surface area (Å²) in [6, 6.07) is 30.6. The maximum Gasteiger partial charge on any atom is 0.410 e. The Balaban J connectivity index is 0.000000254. The average Bonchev–Trinajstić information content (AvgIpc) is 3.17. The molecule has 0 spiro atoms. The van der Waals surface area contributed by atoms with Crippen LogP contribution in [0.1, 0.15) is 64.9 Å². The minimum Gasteiger partial charge on any atom is -0.457 e. The van der Waals surface area contributed by atoms with Crippen molar-refractivity contribution >= 4 is 50.3 Å². The summed E-state index contributed by atoms with van der Waals surface area (Å²) in [6.07, 6.45) is 0.350. The molecule has 2 fully saturated rings. The van der Waals surface area contributed by atoms with Crippen LogP contribution in [0.4, 0.5) is 9.59 Å². The van der Waals surface area contributed by atoms with Gasteiger partial charge in [0.25, 0.3) is 0 Å². The van der Waals surface area contributed by atoms with E-state index in [2.05, 4.69) is 48.1 Å². The molecular weight excluding hydrogens is 868 g/mol. The van der Waals surface area contributed by atoms with Crippen LogP contribution < -0.4 is 14.8 Å². The van der Waals surface area contributed by atoms with Crippen LogP contribution >= 0.6 is 31.9 Å². The van der Waals surface area contributed by atoms with Crippen molar-refractivity contribution in [1.82, 2.24) is 20.0 Å². The number of carbonyl (C=O) groups excluding carboxylic acids is 3. The molecule has 0 atom stereocenters. The van der Waals surface area contributed by atoms with Gasteiger partial charge in [-0.25, -0.2) is 9.59 Å². The Morgan fingerprint density at radius 3 is 1.57 bits per heavy atom. The number of amides is 2. The summed E-state index contributed by atoms with van der Waals surface area (Å²) in [4.78, 5) is 40.4. The maximum atomic E-state index is 12.2. The van der Waals surface area contributed by atoms with E-state index in [0.717, 1.165) is 78.1 Å². The highest BCUT2D eigenvalue weighted by Gasteiger charge is 2.26. The van der Waals surface area contributed by atoms with Crippen molar-refractivity contribution in [2.45, 2.75) is 66.7 Å². The molecule has 0 unspecified atom stereocenters. The second kappa shape index (κ2) is 23.2. The van der Waals surface area contributed by atoms with E-state index < -0.39 is 5.60 Å². The number of aldehydes is 1. The molecule has 2 amide bonds. The molecule has 2 heterocycles. The third-order valence-corrected chi connectivity index (χ3v) is 9.25. The lowest BCUT2D eigenvalue weighted by Crippen LogP contribution is -2.49. The topological polar surface area (TPSA) is 110 Å². The van der Waals surface area contributed by atoms with E-state index in [4.69, 9.17) is 18.9 Å². The van der Waals surface area contributed by atoms with Gasteiger partial charge in [0.05, 0.1) is 5.56 Å². The molecule has 58 heavy (non-hydrogen) atoms. The number of carbonyl (C=O) groups is 3. The number of halogens is 2. The van der Waals surface area contributed by atoms with E-state index in [1.54, 1.807) is 21.9 Å². The van der Waals surface area contributed by atoms with Gasteiger partial charge in [0.15, 0.2) is 6.29 Å². The molecule has 2 saturated heterocycles. The molecule has 2 aliphatic rings. The molecule has 4 aromatic rings. The average molecular weight is 927 g/mol. The van der Waals surface area contributed by atoms with Gasteiger partial charge in [-0.05, 0) is 96.1 Å². The molecule has 0 aliphatic carbocycles. The molecule has 314 valence electrons. The minimum absolute atomic E-state index is 0. The van der Waals surface area contributed by atoms with Crippen LogP contribution in [0, 0.1) is 0 Å². The van der Waals surface area contributed by atoms with Crippen LogP contribution in [-0.2, 0) is 16.0 Å². The number of hydrogen-bond donors (Lipinski definition) is 1. The molecule has 11 nitrogen and oxygen atoms in total. The predicted molar refractivity (Wildman–Crippen MR) is 237 cm³/mol. The third kappa shape index (κ3) is 17.2. The van der Waals surface area contributed by atoms with Crippen LogP contribution in [0.5, 0.6) is 23.0 Å². The van der Waals surface area contributed by atoms with E-state index in [1.807, 2.05) is 120 Å². The summed E-state index contributed by atoms with van der Waals surface area (Å²) >= 11 is 6.87. The van der Waals surface area contributed by atoms with Crippen molar-refractivity contribution in [2.24, 2.45) is 0 Å². The van der Waals surface area contributed by atoms with Crippen molar-refractivity contribution in [3.05, 3.63) is 117 Å². The van der Waals surface area contributed by atoms with Gasteiger partial charge in [-0.15, -0.1) is 0 Å². The van der Waals surface area contributed by atoms with Crippen molar-refractivity contribution in [2.75, 3.05) is 52.4 Å². The number of piperazine rings is 2. The molecule has 13 heteroatoms. The van der Waals surface area contributed by atoms with E-state index in [9.17, 15) is 14.4 Å². The molecule has 0 bridgehead atoms. The highest BCUT2D eigenvalue weighted by atomic mass is 79.9. The fourth-order valence-corrected chi connectivity index (χ4v) is 6.19. The van der Waals surface area contributed by atoms with Crippen molar-refractivity contribution in [1.29, 1.82) is 0 Å². The highest BCUT2D eigenvalue weighted by Crippen LogP contribution is 2.30. The normalized spacial score (nSPS) is 14.3. The summed E-state index contributed by atoms with van der Waals surface area (Å²) in [6.45, 7) is 18.3. The summed E-state index contributed by atoms with van der Waals surface area (Å²) in [5.74, 6) is 2.92. The van der Waals surface area contributed by atoms with Gasteiger partial charge in [0, 0.05) is 73.4 Å². The van der Waals surface area contributed by atoms with Gasteiger partial charge < -0.3 is 34.1 Å². The molecule has 1 N–H and O–H groups in total. The number of para-hydroxylation sites is 2. The number of hydrogen-bond acceptors (Lipinski definition) is 9. The van der Waals surface area contributed by atoms with Crippen molar-refractivity contribution in [3.63, 3.8) is 0 Å². The van der Waals surface area contributed by atoms with Gasteiger partial charge in [-0.3, -0.25) is 9.69 Å². The Bertz CT molecular complexity index is 1870. The van der Waals surface area contributed by atoms with Crippen LogP contribution in [0.25, 0.3) is 0 Å². The molecule has 6 rings (SSSR count). The molecule has 2 aliphatic heterocycles. The van der Waals surface area contributed by atoms with Gasteiger partial charge in [-0.2, -0.15) is 0 Å². The summed E-state index contributed by atoms with van der Waals surface area (Å²) < 4.78 is 24.3. The van der Waals surface area contributed by atoms with Gasteiger partial charge in [0.1, 0.15) is 34.2 Å². The maximum absolute atomic E-state index is 12.2. The number of rotatable bonds is 7. The fraction of sp³-hybridized carbons (Fsp3) is 0.400. The van der Waals surface area contributed by atoms with Gasteiger partial charge >= 0.3 is 12.2 Å². The van der Waals surface area contributed by atoms with E-state index in [-0.39, 0.29) is 25.2 Å². The monoisotopic (exact) mass is 924 g/mol. The summed E-state index contributed by atoms with van der Waals surface area (Å²) in [5.41, 5.74) is 0.807. The second-order valence-corrected chi connectivity index (χ2v) is 17.2. The first-order valence-corrected chi connectivity index (χ1v) is 20.5. The quantitative estimate of drug-likeness (QED) is 0.181. The predicted octanol–water partition coefficient (Wildman–Crippen LogP) is 10.8. The number of nitrogens with zero attached hydrogens (tertiary/aromatic N) is 3. The lowest BCUT2D eigenvalue weighted by Gasteiger charge is -2.35. The number of benzene rings is 4. The standard InChI is InChI=1S/C22H27BrN2O3.C13H9BrO2.C9H18N2O2.CH4/c1-22(2,3)28-21(26)25-13-11-24(12-14-25)16-17-9-10-18(23)15-20(17)27-19-7-5-4-6-8-19;14-11-7-6-10(9-15)13(8-11)16-12-4-2-1-3-5-12;1-9(2,3)13-8(12)11-6-4-10-5-7-11;/h4-10,15H,11-14,16H2,1-3H3;1-9H;10H,4-7H2,1-3H3;1H4. The van der Waals surface area contributed by atoms with Crippen molar-refractivity contribution in [3.8, 4) is 23.0 Å². The molecule has 0 saturated carbocycles. The van der Waals surface area contributed by atoms with Crippen molar-refractivity contribution < 1.29 is 33.3 Å². The van der Waals surface area contributed by atoms with Crippen LogP contribution in [0.15, 0.2) is 106 Å².